The molecule has 1 aliphatic carbocycles. The number of hydrogen-bond donors (Lipinski definition) is 5. The Morgan fingerprint density at radius 1 is 0.750 bits per heavy atom. The summed E-state index contributed by atoms with van der Waals surface area (Å²) in [4.78, 5) is 11.0. The molecule has 6 nitrogen and oxygen atoms in total. The Morgan fingerprint density at radius 3 is 1.69 bits per heavy atom. The third kappa shape index (κ3) is 16.1. The van der Waals surface area contributed by atoms with Crippen LogP contribution >= 0.6 is 0 Å². The van der Waals surface area contributed by atoms with Gasteiger partial charge in [-0.2, -0.15) is 0 Å². The number of hydrogen-bond acceptors (Lipinski definition) is 6. The summed E-state index contributed by atoms with van der Waals surface area (Å²) in [5.41, 5.74) is 0. The number of aliphatic hydroxyl groups excluding tert-OH is 5. The van der Waals surface area contributed by atoms with Gasteiger partial charge in [-0.05, 0) is 50.9 Å². The van der Waals surface area contributed by atoms with Crippen LogP contribution in [-0.4, -0.2) is 61.8 Å². The largest absolute Gasteiger partial charge is 0.393 e. The van der Waals surface area contributed by atoms with E-state index in [1.165, 1.54) is 32.6 Å². The first-order valence-corrected chi connectivity index (χ1v) is 13.0. The van der Waals surface area contributed by atoms with Gasteiger partial charge < -0.3 is 25.5 Å². The van der Waals surface area contributed by atoms with E-state index in [-0.39, 0.29) is 24.0 Å². The maximum absolute atomic E-state index is 11.0. The summed E-state index contributed by atoms with van der Waals surface area (Å²) >= 11 is 0. The Balaban J connectivity index is 0.00000214. The van der Waals surface area contributed by atoms with E-state index >= 15 is 0 Å². The second-order valence-corrected chi connectivity index (χ2v) is 10.1. The number of carbonyl (C=O) groups is 1. The van der Waals surface area contributed by atoms with E-state index in [9.17, 15) is 30.3 Å². The summed E-state index contributed by atoms with van der Waals surface area (Å²) in [6.45, 7) is 7.35. The standard InChI is InChI=1S/C22H44O6.C4H8/c1-5-6-9-16(3)22(28)21(27)13-15(2)12-18(24)10-7-8-11-19(25)14-20(26)17(4)23;1-2-4-3-1/h15-16,18-22,24-28H,5-14H2,1-4H3;1-4H2. The zero-order valence-electron chi connectivity index (χ0n) is 21.1. The van der Waals surface area contributed by atoms with Gasteiger partial charge in [0.1, 0.15) is 6.10 Å². The molecule has 0 spiro atoms. The fourth-order valence-electron chi connectivity index (χ4n) is 3.86. The molecule has 0 aliphatic heterocycles. The molecule has 1 rings (SSSR count). The van der Waals surface area contributed by atoms with Gasteiger partial charge in [0.15, 0.2) is 5.78 Å². The Hall–Kier alpha value is -0.530. The molecule has 0 amide bonds. The van der Waals surface area contributed by atoms with E-state index in [0.29, 0.717) is 32.1 Å². The maximum atomic E-state index is 11.0. The van der Waals surface area contributed by atoms with Crippen molar-refractivity contribution in [2.24, 2.45) is 11.8 Å². The van der Waals surface area contributed by atoms with Crippen LogP contribution in [0.15, 0.2) is 0 Å². The van der Waals surface area contributed by atoms with Gasteiger partial charge in [0.2, 0.25) is 0 Å². The zero-order chi connectivity index (χ0) is 24.5. The lowest BCUT2D eigenvalue weighted by Gasteiger charge is -2.26. The van der Waals surface area contributed by atoms with E-state index in [1.54, 1.807) is 0 Å². The SMILES string of the molecule is C1CCC1.CCCCC(C)C(O)C(O)CC(C)CC(O)CCCCC(O)CC(O)C(C)=O. The summed E-state index contributed by atoms with van der Waals surface area (Å²) in [6, 6.07) is 0. The molecule has 0 aromatic rings. The topological polar surface area (TPSA) is 118 Å². The summed E-state index contributed by atoms with van der Waals surface area (Å²) in [7, 11) is 0. The molecular formula is C26H52O6. The van der Waals surface area contributed by atoms with Gasteiger partial charge >= 0.3 is 0 Å². The first kappa shape index (κ1) is 31.5. The molecular weight excluding hydrogens is 408 g/mol. The number of rotatable bonds is 17. The smallest absolute Gasteiger partial charge is 0.158 e. The van der Waals surface area contributed by atoms with Gasteiger partial charge in [0.25, 0.3) is 0 Å². The molecule has 32 heavy (non-hydrogen) atoms. The van der Waals surface area contributed by atoms with Crippen LogP contribution in [0.5, 0.6) is 0 Å². The van der Waals surface area contributed by atoms with Gasteiger partial charge in [0, 0.05) is 6.42 Å². The van der Waals surface area contributed by atoms with Gasteiger partial charge in [-0.25, -0.2) is 0 Å². The molecule has 5 N–H and O–H groups in total. The fourth-order valence-corrected chi connectivity index (χ4v) is 3.86. The molecule has 0 aromatic carbocycles. The Bertz CT molecular complexity index is 450. The van der Waals surface area contributed by atoms with E-state index in [1.807, 2.05) is 13.8 Å². The normalized spacial score (nSPS) is 20.0. The molecule has 192 valence electrons. The minimum atomic E-state index is -1.10. The lowest BCUT2D eigenvalue weighted by Crippen LogP contribution is -2.34. The zero-order valence-corrected chi connectivity index (χ0v) is 21.1. The number of carbonyl (C=O) groups excluding carboxylic acids is 1. The number of aliphatic hydroxyl groups is 5. The van der Waals surface area contributed by atoms with Crippen molar-refractivity contribution >= 4 is 5.78 Å². The second-order valence-electron chi connectivity index (χ2n) is 10.1. The minimum absolute atomic E-state index is 0.0613. The van der Waals surface area contributed by atoms with Crippen molar-refractivity contribution in [3.05, 3.63) is 0 Å². The summed E-state index contributed by atoms with van der Waals surface area (Å²) in [6.07, 6.45) is 8.91. The van der Waals surface area contributed by atoms with Crippen LogP contribution in [0, 0.1) is 11.8 Å². The molecule has 0 radical (unpaired) electrons. The minimum Gasteiger partial charge on any atom is -0.393 e. The number of ketones is 1. The fraction of sp³-hybridized carbons (Fsp3) is 0.962. The highest BCUT2D eigenvalue weighted by Gasteiger charge is 2.25. The Labute approximate surface area is 196 Å². The van der Waals surface area contributed by atoms with Gasteiger partial charge in [-0.15, -0.1) is 0 Å². The molecule has 7 atom stereocenters. The van der Waals surface area contributed by atoms with Gasteiger partial charge in [-0.1, -0.05) is 72.1 Å². The Kier molecular flexibility index (Phi) is 18.5. The van der Waals surface area contributed by atoms with Crippen LogP contribution in [0.1, 0.15) is 118 Å². The molecule has 0 bridgehead atoms. The van der Waals surface area contributed by atoms with E-state index < -0.39 is 30.5 Å². The predicted molar refractivity (Wildman–Crippen MR) is 129 cm³/mol. The van der Waals surface area contributed by atoms with Crippen molar-refractivity contribution in [3.8, 4) is 0 Å². The monoisotopic (exact) mass is 460 g/mol. The van der Waals surface area contributed by atoms with Gasteiger partial charge in [-0.3, -0.25) is 4.79 Å². The van der Waals surface area contributed by atoms with Crippen molar-refractivity contribution in [2.45, 2.75) is 148 Å². The van der Waals surface area contributed by atoms with Crippen LogP contribution in [0.4, 0.5) is 0 Å². The summed E-state index contributed by atoms with van der Waals surface area (Å²) < 4.78 is 0. The molecule has 0 saturated heterocycles. The van der Waals surface area contributed by atoms with Crippen LogP contribution in [0.2, 0.25) is 0 Å². The van der Waals surface area contributed by atoms with E-state index in [4.69, 9.17) is 0 Å². The van der Waals surface area contributed by atoms with Crippen LogP contribution in [-0.2, 0) is 4.79 Å². The highest BCUT2D eigenvalue weighted by atomic mass is 16.3. The molecule has 1 saturated carbocycles. The molecule has 6 heteroatoms. The van der Waals surface area contributed by atoms with Crippen molar-refractivity contribution in [2.75, 3.05) is 0 Å². The highest BCUT2D eigenvalue weighted by molar-refractivity contribution is 5.80. The molecule has 7 unspecified atom stereocenters. The number of unbranched alkanes of at least 4 members (excludes halogenated alkanes) is 2. The first-order chi connectivity index (χ1) is 15.1. The van der Waals surface area contributed by atoms with Crippen molar-refractivity contribution in [3.63, 3.8) is 0 Å². The van der Waals surface area contributed by atoms with E-state index in [0.717, 1.165) is 25.7 Å². The summed E-state index contributed by atoms with van der Waals surface area (Å²) in [5, 5.41) is 49.9. The maximum Gasteiger partial charge on any atom is 0.158 e. The Morgan fingerprint density at radius 2 is 1.25 bits per heavy atom. The van der Waals surface area contributed by atoms with Crippen LogP contribution in [0.3, 0.4) is 0 Å². The van der Waals surface area contributed by atoms with Crippen LogP contribution < -0.4 is 0 Å². The van der Waals surface area contributed by atoms with Crippen molar-refractivity contribution in [1.29, 1.82) is 0 Å². The first-order valence-electron chi connectivity index (χ1n) is 13.0. The summed E-state index contributed by atoms with van der Waals surface area (Å²) in [5.74, 6) is -0.162. The van der Waals surface area contributed by atoms with Crippen LogP contribution in [0.25, 0.3) is 0 Å². The molecule has 1 fully saturated rings. The molecule has 1 aliphatic rings. The van der Waals surface area contributed by atoms with Gasteiger partial charge in [0.05, 0.1) is 24.4 Å². The predicted octanol–water partition coefficient (Wildman–Crippen LogP) is 4.13. The average molecular weight is 461 g/mol. The highest BCUT2D eigenvalue weighted by Crippen LogP contribution is 2.22. The molecule has 0 aromatic heterocycles. The average Bonchev–Trinajstić information content (AvgIpc) is 2.67. The van der Waals surface area contributed by atoms with E-state index in [2.05, 4.69) is 6.92 Å². The lowest BCUT2D eigenvalue weighted by molar-refractivity contribution is -0.126. The van der Waals surface area contributed by atoms with Crippen molar-refractivity contribution in [1.82, 2.24) is 0 Å². The molecule has 0 heterocycles. The third-order valence-electron chi connectivity index (χ3n) is 6.60. The quantitative estimate of drug-likeness (QED) is 0.208. The van der Waals surface area contributed by atoms with Crippen molar-refractivity contribution < 1.29 is 30.3 Å². The second kappa shape index (κ2) is 18.8. The number of Topliss-reactive ketones (excluding diaryl/α,β-unsaturated/α-hetero) is 1. The lowest BCUT2D eigenvalue weighted by atomic mass is 9.88. The third-order valence-corrected chi connectivity index (χ3v) is 6.60.